The molecule has 7 nitrogen and oxygen atoms in total. The van der Waals surface area contributed by atoms with E-state index in [1.807, 2.05) is 31.4 Å². The summed E-state index contributed by atoms with van der Waals surface area (Å²) >= 11 is 0. The summed E-state index contributed by atoms with van der Waals surface area (Å²) in [5, 5.41) is 7.23. The number of anilines is 1. The Bertz CT molecular complexity index is 1070. The number of aromatic nitrogens is 4. The van der Waals surface area contributed by atoms with Crippen LogP contribution in [0, 0.1) is 5.92 Å². The number of carbonyl (C=O) groups is 1. The molecule has 0 radical (unpaired) electrons. The molecule has 1 fully saturated rings. The van der Waals surface area contributed by atoms with Gasteiger partial charge in [0.2, 0.25) is 5.91 Å². The number of benzene rings is 1. The second kappa shape index (κ2) is 8.49. The Kier molecular flexibility index (Phi) is 5.40. The van der Waals surface area contributed by atoms with Crippen LogP contribution in [0.25, 0.3) is 11.4 Å². The Labute approximate surface area is 182 Å². The molecule has 7 heteroatoms. The molecule has 1 amide bonds. The summed E-state index contributed by atoms with van der Waals surface area (Å²) < 4.78 is 1.75. The summed E-state index contributed by atoms with van der Waals surface area (Å²) in [4.78, 5) is 24.9. The normalized spacial score (nSPS) is 16.4. The Morgan fingerprint density at radius 1 is 1.13 bits per heavy atom. The minimum atomic E-state index is 0.0522. The lowest BCUT2D eigenvalue weighted by molar-refractivity contribution is -0.125. The first-order chi connectivity index (χ1) is 15.2. The quantitative estimate of drug-likeness (QED) is 0.692. The monoisotopic (exact) mass is 416 g/mol. The molecule has 1 saturated heterocycles. The van der Waals surface area contributed by atoms with Gasteiger partial charge >= 0.3 is 0 Å². The lowest BCUT2D eigenvalue weighted by atomic mass is 9.95. The van der Waals surface area contributed by atoms with Crippen LogP contribution >= 0.6 is 0 Å². The van der Waals surface area contributed by atoms with Crippen molar-refractivity contribution in [1.82, 2.24) is 25.1 Å². The largest absolute Gasteiger partial charge is 0.356 e. The van der Waals surface area contributed by atoms with Crippen LogP contribution in [0.15, 0.2) is 42.7 Å². The molecule has 1 aliphatic heterocycles. The van der Waals surface area contributed by atoms with Crippen LogP contribution in [0.4, 0.5) is 5.82 Å². The highest BCUT2D eigenvalue weighted by molar-refractivity contribution is 5.79. The Morgan fingerprint density at radius 3 is 2.68 bits per heavy atom. The zero-order valence-corrected chi connectivity index (χ0v) is 17.9. The van der Waals surface area contributed by atoms with E-state index in [0.717, 1.165) is 68.0 Å². The van der Waals surface area contributed by atoms with E-state index in [2.05, 4.69) is 27.4 Å². The number of nitrogens with one attached hydrogen (secondary N) is 1. The van der Waals surface area contributed by atoms with E-state index >= 15 is 0 Å². The van der Waals surface area contributed by atoms with E-state index in [4.69, 9.17) is 9.97 Å². The number of rotatable bonds is 5. The van der Waals surface area contributed by atoms with Gasteiger partial charge < -0.3 is 10.2 Å². The maximum Gasteiger partial charge on any atom is 0.223 e. The van der Waals surface area contributed by atoms with Gasteiger partial charge in [-0.2, -0.15) is 5.10 Å². The van der Waals surface area contributed by atoms with Gasteiger partial charge in [0.05, 0.1) is 6.20 Å². The number of amides is 1. The van der Waals surface area contributed by atoms with Crippen molar-refractivity contribution in [1.29, 1.82) is 0 Å². The Hall–Kier alpha value is -3.22. The van der Waals surface area contributed by atoms with Crippen molar-refractivity contribution in [3.8, 4) is 11.4 Å². The average molecular weight is 417 g/mol. The third-order valence-corrected chi connectivity index (χ3v) is 6.33. The smallest absolute Gasteiger partial charge is 0.223 e. The zero-order chi connectivity index (χ0) is 21.2. The minimum absolute atomic E-state index is 0.0522. The van der Waals surface area contributed by atoms with E-state index < -0.39 is 0 Å². The van der Waals surface area contributed by atoms with Gasteiger partial charge in [-0.15, -0.1) is 0 Å². The van der Waals surface area contributed by atoms with Gasteiger partial charge in [0.25, 0.3) is 0 Å². The molecule has 2 aromatic heterocycles. The summed E-state index contributed by atoms with van der Waals surface area (Å²) in [6.07, 6.45) is 8.63. The van der Waals surface area contributed by atoms with Gasteiger partial charge in [0.15, 0.2) is 5.82 Å². The molecule has 0 unspecified atom stereocenters. The van der Waals surface area contributed by atoms with Crippen LogP contribution in [0.2, 0.25) is 0 Å². The Morgan fingerprint density at radius 2 is 1.94 bits per heavy atom. The molecule has 1 aliphatic carbocycles. The molecule has 3 aromatic rings. The molecule has 1 aromatic carbocycles. The standard InChI is InChI=1S/C24H28N6O/c1-29-16-17(15-26-29)14-25-24(31)19-10-12-30(13-11-19)23-20-8-5-9-21(20)27-22(28-23)18-6-3-2-4-7-18/h2-4,6-7,15-16,19H,5,8-14H2,1H3,(H,25,31). The zero-order valence-electron chi connectivity index (χ0n) is 17.9. The van der Waals surface area contributed by atoms with E-state index in [-0.39, 0.29) is 11.8 Å². The first kappa shape index (κ1) is 19.7. The molecule has 3 heterocycles. The van der Waals surface area contributed by atoms with Crippen molar-refractivity contribution in [3.63, 3.8) is 0 Å². The molecule has 0 saturated carbocycles. The number of aryl methyl sites for hydroxylation is 2. The molecule has 5 rings (SSSR count). The first-order valence-electron chi connectivity index (χ1n) is 11.1. The molecule has 0 atom stereocenters. The van der Waals surface area contributed by atoms with Gasteiger partial charge in [-0.1, -0.05) is 30.3 Å². The van der Waals surface area contributed by atoms with Gasteiger partial charge in [0.1, 0.15) is 5.82 Å². The van der Waals surface area contributed by atoms with Crippen LogP contribution < -0.4 is 10.2 Å². The van der Waals surface area contributed by atoms with Gasteiger partial charge in [-0.3, -0.25) is 9.48 Å². The Balaban J connectivity index is 1.27. The molecule has 31 heavy (non-hydrogen) atoms. The van der Waals surface area contributed by atoms with Crippen LogP contribution in [0.5, 0.6) is 0 Å². The van der Waals surface area contributed by atoms with E-state index in [9.17, 15) is 4.79 Å². The highest BCUT2D eigenvalue weighted by Crippen LogP contribution is 2.33. The molecular weight excluding hydrogens is 388 g/mol. The molecule has 0 spiro atoms. The number of hydrogen-bond acceptors (Lipinski definition) is 5. The molecule has 1 N–H and O–H groups in total. The predicted molar refractivity (Wildman–Crippen MR) is 119 cm³/mol. The lowest BCUT2D eigenvalue weighted by Gasteiger charge is -2.33. The third kappa shape index (κ3) is 4.17. The molecular formula is C24H28N6O. The summed E-state index contributed by atoms with van der Waals surface area (Å²) in [6, 6.07) is 10.2. The fraction of sp³-hybridized carbons (Fsp3) is 0.417. The van der Waals surface area contributed by atoms with Crippen molar-refractivity contribution in [3.05, 3.63) is 59.5 Å². The van der Waals surface area contributed by atoms with Crippen molar-refractivity contribution < 1.29 is 4.79 Å². The fourth-order valence-electron chi connectivity index (χ4n) is 4.64. The molecule has 0 bridgehead atoms. The maximum atomic E-state index is 12.7. The van der Waals surface area contributed by atoms with Gasteiger partial charge in [0, 0.05) is 61.2 Å². The van der Waals surface area contributed by atoms with Crippen molar-refractivity contribution in [2.24, 2.45) is 13.0 Å². The SMILES string of the molecule is Cn1cc(CNC(=O)C2CCN(c3nc(-c4ccccc4)nc4c3CCC4)CC2)cn1. The topological polar surface area (TPSA) is 75.9 Å². The summed E-state index contributed by atoms with van der Waals surface area (Å²) in [7, 11) is 1.88. The maximum absolute atomic E-state index is 12.7. The first-order valence-corrected chi connectivity index (χ1v) is 11.1. The summed E-state index contributed by atoms with van der Waals surface area (Å²) in [5.74, 6) is 2.08. The second-order valence-corrected chi connectivity index (χ2v) is 8.52. The third-order valence-electron chi connectivity index (χ3n) is 6.33. The second-order valence-electron chi connectivity index (χ2n) is 8.52. The average Bonchev–Trinajstić information content (AvgIpc) is 3.46. The van der Waals surface area contributed by atoms with Gasteiger partial charge in [-0.05, 0) is 32.1 Å². The minimum Gasteiger partial charge on any atom is -0.356 e. The highest BCUT2D eigenvalue weighted by Gasteiger charge is 2.29. The van der Waals surface area contributed by atoms with Crippen molar-refractivity contribution in [2.75, 3.05) is 18.0 Å². The highest BCUT2D eigenvalue weighted by atomic mass is 16.1. The van der Waals surface area contributed by atoms with Crippen molar-refractivity contribution >= 4 is 11.7 Å². The van der Waals surface area contributed by atoms with Crippen LogP contribution in [0.3, 0.4) is 0 Å². The molecule has 160 valence electrons. The van der Waals surface area contributed by atoms with E-state index in [0.29, 0.717) is 6.54 Å². The van der Waals surface area contributed by atoms with Crippen molar-refractivity contribution in [2.45, 2.75) is 38.6 Å². The predicted octanol–water partition coefficient (Wildman–Crippen LogP) is 2.90. The summed E-state index contributed by atoms with van der Waals surface area (Å²) in [6.45, 7) is 2.23. The van der Waals surface area contributed by atoms with Crippen LogP contribution in [0.1, 0.15) is 36.1 Å². The number of piperidine rings is 1. The van der Waals surface area contributed by atoms with E-state index in [1.165, 1.54) is 11.3 Å². The fourth-order valence-corrected chi connectivity index (χ4v) is 4.64. The van der Waals surface area contributed by atoms with Gasteiger partial charge in [-0.25, -0.2) is 9.97 Å². The summed E-state index contributed by atoms with van der Waals surface area (Å²) in [5.41, 5.74) is 4.58. The number of hydrogen-bond donors (Lipinski definition) is 1. The van der Waals surface area contributed by atoms with E-state index in [1.54, 1.807) is 10.9 Å². The number of carbonyl (C=O) groups excluding carboxylic acids is 1. The molecule has 2 aliphatic rings. The number of nitrogens with zero attached hydrogens (tertiary/aromatic N) is 5. The van der Waals surface area contributed by atoms with Crippen LogP contribution in [-0.4, -0.2) is 38.7 Å². The number of fused-ring (bicyclic) bond motifs is 1. The van der Waals surface area contributed by atoms with Crippen LogP contribution in [-0.2, 0) is 31.2 Å². The lowest BCUT2D eigenvalue weighted by Crippen LogP contribution is -2.41.